The molecule has 84 valence electrons. The normalized spacial score (nSPS) is 13.4. The van der Waals surface area contributed by atoms with Gasteiger partial charge < -0.3 is 5.73 Å². The van der Waals surface area contributed by atoms with Crippen molar-refractivity contribution in [3.05, 3.63) is 40.3 Å². The van der Waals surface area contributed by atoms with E-state index in [1.165, 1.54) is 47.3 Å². The Balaban J connectivity index is 2.07. The quantitative estimate of drug-likeness (QED) is 0.831. The van der Waals surface area contributed by atoms with E-state index >= 15 is 0 Å². The molecular formula is C14H12N2S. The number of hydrogen-bond acceptors (Lipinski definition) is 3. The summed E-state index contributed by atoms with van der Waals surface area (Å²) in [5.74, 6) is 0. The van der Waals surface area contributed by atoms with Crippen molar-refractivity contribution in [2.24, 2.45) is 0 Å². The standard InChI is InChI=1S/C14H12N2S/c15-8-14-12(16)7-13(17-14)11-5-4-9-2-1-3-10(9)6-11/h4-7H,1-3,16H2. The number of thiophene rings is 1. The van der Waals surface area contributed by atoms with Crippen molar-refractivity contribution in [3.63, 3.8) is 0 Å². The number of hydrogen-bond donors (Lipinski definition) is 1. The van der Waals surface area contributed by atoms with E-state index in [0.717, 1.165) is 4.88 Å². The molecule has 3 heteroatoms. The van der Waals surface area contributed by atoms with Gasteiger partial charge in [0.15, 0.2) is 0 Å². The van der Waals surface area contributed by atoms with Crippen LogP contribution >= 0.6 is 11.3 Å². The average Bonchev–Trinajstić information content (AvgIpc) is 2.93. The summed E-state index contributed by atoms with van der Waals surface area (Å²) < 4.78 is 0. The molecule has 1 heterocycles. The van der Waals surface area contributed by atoms with Gasteiger partial charge in [-0.05, 0) is 42.0 Å². The number of aryl methyl sites for hydroxylation is 2. The molecule has 1 aliphatic rings. The molecule has 1 aliphatic carbocycles. The Morgan fingerprint density at radius 1 is 1.18 bits per heavy atom. The maximum atomic E-state index is 8.91. The van der Waals surface area contributed by atoms with E-state index in [2.05, 4.69) is 24.3 Å². The van der Waals surface area contributed by atoms with Gasteiger partial charge in [0.2, 0.25) is 0 Å². The molecule has 3 rings (SSSR count). The van der Waals surface area contributed by atoms with Crippen LogP contribution in [-0.4, -0.2) is 0 Å². The van der Waals surface area contributed by atoms with Crippen LogP contribution in [0.4, 0.5) is 5.69 Å². The summed E-state index contributed by atoms with van der Waals surface area (Å²) in [7, 11) is 0. The minimum atomic E-state index is 0.591. The second-order valence-electron chi connectivity index (χ2n) is 4.34. The second kappa shape index (κ2) is 3.90. The summed E-state index contributed by atoms with van der Waals surface area (Å²) in [6.45, 7) is 0. The van der Waals surface area contributed by atoms with Crippen LogP contribution in [0.5, 0.6) is 0 Å². The smallest absolute Gasteiger partial charge is 0.128 e. The van der Waals surface area contributed by atoms with E-state index in [9.17, 15) is 0 Å². The topological polar surface area (TPSA) is 49.8 Å². The highest BCUT2D eigenvalue weighted by molar-refractivity contribution is 7.16. The predicted octanol–water partition coefficient (Wildman–Crippen LogP) is 3.36. The van der Waals surface area contributed by atoms with Crippen LogP contribution in [0, 0.1) is 11.3 Å². The zero-order valence-electron chi connectivity index (χ0n) is 9.36. The summed E-state index contributed by atoms with van der Waals surface area (Å²) in [6, 6.07) is 10.6. The van der Waals surface area contributed by atoms with Crippen molar-refractivity contribution in [1.82, 2.24) is 0 Å². The number of nitrogens with zero attached hydrogens (tertiary/aromatic N) is 1. The first-order valence-electron chi connectivity index (χ1n) is 5.69. The fourth-order valence-corrected chi connectivity index (χ4v) is 3.23. The Kier molecular flexibility index (Phi) is 2.38. The maximum absolute atomic E-state index is 8.91. The molecule has 0 bridgehead atoms. The van der Waals surface area contributed by atoms with Gasteiger partial charge in [0.05, 0.1) is 5.69 Å². The molecule has 17 heavy (non-hydrogen) atoms. The first-order chi connectivity index (χ1) is 8.28. The lowest BCUT2D eigenvalue weighted by Crippen LogP contribution is -1.83. The lowest BCUT2D eigenvalue weighted by Gasteiger charge is -2.02. The van der Waals surface area contributed by atoms with Crippen molar-refractivity contribution >= 4 is 17.0 Å². The van der Waals surface area contributed by atoms with Gasteiger partial charge in [-0.3, -0.25) is 0 Å². The molecule has 1 aromatic carbocycles. The van der Waals surface area contributed by atoms with Crippen LogP contribution in [-0.2, 0) is 12.8 Å². The van der Waals surface area contributed by atoms with Gasteiger partial charge in [-0.2, -0.15) is 5.26 Å². The van der Waals surface area contributed by atoms with Crippen LogP contribution in [0.15, 0.2) is 24.3 Å². The van der Waals surface area contributed by atoms with Crippen molar-refractivity contribution in [1.29, 1.82) is 5.26 Å². The minimum absolute atomic E-state index is 0.591. The minimum Gasteiger partial charge on any atom is -0.397 e. The second-order valence-corrected chi connectivity index (χ2v) is 5.40. The number of benzene rings is 1. The molecule has 0 fully saturated rings. The van der Waals surface area contributed by atoms with Gasteiger partial charge in [0.25, 0.3) is 0 Å². The molecule has 2 nitrogen and oxygen atoms in total. The summed E-state index contributed by atoms with van der Waals surface area (Å²) >= 11 is 1.47. The van der Waals surface area contributed by atoms with Gasteiger partial charge in [0.1, 0.15) is 10.9 Å². The van der Waals surface area contributed by atoms with Crippen molar-refractivity contribution in [2.45, 2.75) is 19.3 Å². The van der Waals surface area contributed by atoms with E-state index in [1.807, 2.05) is 6.07 Å². The Bertz CT molecular complexity index is 620. The number of fused-ring (bicyclic) bond motifs is 1. The van der Waals surface area contributed by atoms with Crippen molar-refractivity contribution in [2.75, 3.05) is 5.73 Å². The molecule has 0 atom stereocenters. The first kappa shape index (κ1) is 10.4. The Labute approximate surface area is 104 Å². The van der Waals surface area contributed by atoms with Crippen LogP contribution in [0.25, 0.3) is 10.4 Å². The number of nitriles is 1. The fraction of sp³-hybridized carbons (Fsp3) is 0.214. The zero-order valence-corrected chi connectivity index (χ0v) is 10.2. The third-order valence-electron chi connectivity index (χ3n) is 3.25. The Morgan fingerprint density at radius 2 is 2.00 bits per heavy atom. The molecule has 0 saturated heterocycles. The van der Waals surface area contributed by atoms with E-state index in [-0.39, 0.29) is 0 Å². The first-order valence-corrected chi connectivity index (χ1v) is 6.51. The van der Waals surface area contributed by atoms with Gasteiger partial charge >= 0.3 is 0 Å². The van der Waals surface area contributed by atoms with E-state index in [4.69, 9.17) is 11.0 Å². The van der Waals surface area contributed by atoms with Crippen molar-refractivity contribution < 1.29 is 0 Å². The molecule has 0 spiro atoms. The number of rotatable bonds is 1. The monoisotopic (exact) mass is 240 g/mol. The molecule has 2 N–H and O–H groups in total. The lowest BCUT2D eigenvalue weighted by molar-refractivity contribution is 0.912. The third kappa shape index (κ3) is 1.71. The summed E-state index contributed by atoms with van der Waals surface area (Å²) in [5, 5.41) is 8.91. The Hall–Kier alpha value is -1.79. The van der Waals surface area contributed by atoms with E-state index in [0.29, 0.717) is 10.6 Å². The highest BCUT2D eigenvalue weighted by Crippen LogP contribution is 2.35. The summed E-state index contributed by atoms with van der Waals surface area (Å²) in [4.78, 5) is 1.70. The summed E-state index contributed by atoms with van der Waals surface area (Å²) in [5.41, 5.74) is 10.5. The Morgan fingerprint density at radius 3 is 2.76 bits per heavy atom. The molecular weight excluding hydrogens is 228 g/mol. The van der Waals surface area contributed by atoms with Crippen LogP contribution in [0.1, 0.15) is 22.4 Å². The van der Waals surface area contributed by atoms with Crippen LogP contribution in [0.3, 0.4) is 0 Å². The average molecular weight is 240 g/mol. The molecule has 0 unspecified atom stereocenters. The number of anilines is 1. The van der Waals surface area contributed by atoms with Crippen LogP contribution in [0.2, 0.25) is 0 Å². The van der Waals surface area contributed by atoms with Crippen molar-refractivity contribution in [3.8, 4) is 16.5 Å². The largest absolute Gasteiger partial charge is 0.397 e. The number of nitrogens with two attached hydrogens (primary N) is 1. The molecule has 1 aromatic heterocycles. The highest BCUT2D eigenvalue weighted by Gasteiger charge is 2.13. The maximum Gasteiger partial charge on any atom is 0.128 e. The lowest BCUT2D eigenvalue weighted by atomic mass is 10.1. The number of nitrogen functional groups attached to an aromatic ring is 1. The zero-order chi connectivity index (χ0) is 11.8. The highest BCUT2D eigenvalue weighted by atomic mass is 32.1. The van der Waals surface area contributed by atoms with Crippen LogP contribution < -0.4 is 5.73 Å². The molecule has 0 saturated carbocycles. The molecule has 0 radical (unpaired) electrons. The molecule has 2 aromatic rings. The van der Waals surface area contributed by atoms with Gasteiger partial charge in [-0.15, -0.1) is 11.3 Å². The SMILES string of the molecule is N#Cc1sc(-c2ccc3c(c2)CCC3)cc1N. The van der Waals surface area contributed by atoms with Gasteiger partial charge in [0, 0.05) is 4.88 Å². The fourth-order valence-electron chi connectivity index (χ4n) is 2.36. The molecule has 0 aliphatic heterocycles. The van der Waals surface area contributed by atoms with E-state index < -0.39 is 0 Å². The summed E-state index contributed by atoms with van der Waals surface area (Å²) in [6.07, 6.45) is 3.63. The van der Waals surface area contributed by atoms with Gasteiger partial charge in [-0.1, -0.05) is 18.2 Å². The van der Waals surface area contributed by atoms with Gasteiger partial charge in [-0.25, -0.2) is 0 Å². The third-order valence-corrected chi connectivity index (χ3v) is 4.35. The van der Waals surface area contributed by atoms with E-state index in [1.54, 1.807) is 0 Å². The predicted molar refractivity (Wildman–Crippen MR) is 70.9 cm³/mol. The molecule has 0 amide bonds.